The molecule has 0 radical (unpaired) electrons. The predicted octanol–water partition coefficient (Wildman–Crippen LogP) is 2.26. The first-order valence-corrected chi connectivity index (χ1v) is 15.0. The monoisotopic (exact) mass is 555 g/mol. The highest BCUT2D eigenvalue weighted by Crippen LogP contribution is 2.35. The van der Waals surface area contributed by atoms with E-state index in [1.165, 1.54) is 33.3 Å². The van der Waals surface area contributed by atoms with Crippen LogP contribution in [0.25, 0.3) is 0 Å². The fourth-order valence-corrected chi connectivity index (χ4v) is 6.84. The number of thioether (sulfide) groups is 1. The summed E-state index contributed by atoms with van der Waals surface area (Å²) in [5, 5.41) is 10.4. The molecule has 2 amide bonds. The zero-order valence-electron chi connectivity index (χ0n) is 20.8. The van der Waals surface area contributed by atoms with Crippen molar-refractivity contribution in [3.8, 4) is 0 Å². The third-order valence-electron chi connectivity index (χ3n) is 6.45. The normalized spacial score (nSPS) is 15.7. The SMILES string of the molecule is O=C(Cn1nc2c(c1NC(=O)c1ccc(S(=O)(=O)N3CCOCC3)cc1)CSC2)NCCc1ccccc1. The summed E-state index contributed by atoms with van der Waals surface area (Å²) in [6, 6.07) is 15.8. The summed E-state index contributed by atoms with van der Waals surface area (Å²) in [6.07, 6.45) is 0.722. The molecule has 0 spiro atoms. The van der Waals surface area contributed by atoms with Crippen LogP contribution in [0.1, 0.15) is 27.2 Å². The molecule has 0 bridgehead atoms. The van der Waals surface area contributed by atoms with Gasteiger partial charge < -0.3 is 15.4 Å². The van der Waals surface area contributed by atoms with E-state index in [0.717, 1.165) is 29.0 Å². The Kier molecular flexibility index (Phi) is 8.12. The van der Waals surface area contributed by atoms with Crippen LogP contribution in [0.2, 0.25) is 0 Å². The number of hydrogen-bond acceptors (Lipinski definition) is 7. The number of nitrogens with zero attached hydrogens (tertiary/aromatic N) is 3. The highest BCUT2D eigenvalue weighted by Gasteiger charge is 2.28. The van der Waals surface area contributed by atoms with Crippen molar-refractivity contribution in [3.05, 3.63) is 77.0 Å². The molecule has 200 valence electrons. The Hall–Kier alpha value is -3.19. The molecule has 1 fully saturated rings. The molecule has 2 aliphatic heterocycles. The van der Waals surface area contributed by atoms with Gasteiger partial charge in [0, 0.05) is 42.3 Å². The lowest BCUT2D eigenvalue weighted by Gasteiger charge is -2.26. The third-order valence-corrected chi connectivity index (χ3v) is 9.33. The number of benzene rings is 2. The van der Waals surface area contributed by atoms with E-state index in [4.69, 9.17) is 4.74 Å². The van der Waals surface area contributed by atoms with Crippen LogP contribution in [-0.4, -0.2) is 67.2 Å². The van der Waals surface area contributed by atoms with Gasteiger partial charge in [0.1, 0.15) is 12.4 Å². The van der Waals surface area contributed by atoms with Crippen molar-refractivity contribution >= 4 is 39.4 Å². The van der Waals surface area contributed by atoms with E-state index in [9.17, 15) is 18.0 Å². The van der Waals surface area contributed by atoms with E-state index in [1.54, 1.807) is 11.8 Å². The number of morpholine rings is 1. The van der Waals surface area contributed by atoms with E-state index >= 15 is 0 Å². The van der Waals surface area contributed by atoms with Gasteiger partial charge in [-0.2, -0.15) is 21.2 Å². The molecular formula is C26H29N5O5S2. The fraction of sp³-hybridized carbons (Fsp3) is 0.346. The molecule has 38 heavy (non-hydrogen) atoms. The molecule has 0 atom stereocenters. The molecule has 3 aromatic rings. The summed E-state index contributed by atoms with van der Waals surface area (Å²) in [5.41, 5.74) is 3.21. The van der Waals surface area contributed by atoms with Crippen molar-refractivity contribution in [2.24, 2.45) is 0 Å². The average Bonchev–Trinajstić information content (AvgIpc) is 3.52. The number of anilines is 1. The Bertz CT molecular complexity index is 1400. The number of carbonyl (C=O) groups is 2. The summed E-state index contributed by atoms with van der Waals surface area (Å²) >= 11 is 1.70. The van der Waals surface area contributed by atoms with Crippen molar-refractivity contribution < 1.29 is 22.7 Å². The van der Waals surface area contributed by atoms with Gasteiger partial charge in [0.25, 0.3) is 5.91 Å². The topological polar surface area (TPSA) is 123 Å². The fourth-order valence-electron chi connectivity index (χ4n) is 4.40. The van der Waals surface area contributed by atoms with E-state index < -0.39 is 15.9 Å². The first-order chi connectivity index (χ1) is 18.4. The average molecular weight is 556 g/mol. The number of fused-ring (bicyclic) bond motifs is 1. The van der Waals surface area contributed by atoms with Gasteiger partial charge in [0.2, 0.25) is 15.9 Å². The molecule has 12 heteroatoms. The summed E-state index contributed by atoms with van der Waals surface area (Å²) < 4.78 is 33.9. The Morgan fingerprint density at radius 2 is 1.74 bits per heavy atom. The Morgan fingerprint density at radius 3 is 2.47 bits per heavy atom. The molecule has 10 nitrogen and oxygen atoms in total. The Balaban J connectivity index is 1.25. The number of amides is 2. The number of rotatable bonds is 9. The minimum Gasteiger partial charge on any atom is -0.379 e. The highest BCUT2D eigenvalue weighted by molar-refractivity contribution is 7.98. The summed E-state index contributed by atoms with van der Waals surface area (Å²) in [6.45, 7) is 1.82. The van der Waals surface area contributed by atoms with E-state index in [-0.39, 0.29) is 17.3 Å². The van der Waals surface area contributed by atoms with Gasteiger partial charge in [-0.15, -0.1) is 0 Å². The molecule has 0 saturated carbocycles. The van der Waals surface area contributed by atoms with Crippen LogP contribution in [-0.2, 0) is 44.0 Å². The second-order valence-electron chi connectivity index (χ2n) is 9.00. The highest BCUT2D eigenvalue weighted by atomic mass is 32.2. The van der Waals surface area contributed by atoms with Crippen molar-refractivity contribution in [1.29, 1.82) is 0 Å². The standard InChI is InChI=1S/C26H29N5O5S2/c32-24(27-11-10-19-4-2-1-3-5-19)16-31-25(22-17-37-18-23(22)29-31)28-26(33)20-6-8-21(9-7-20)38(34,35)30-12-14-36-15-13-30/h1-9H,10-18H2,(H,27,32)(H,28,33). The minimum atomic E-state index is -3.65. The van der Waals surface area contributed by atoms with Gasteiger partial charge in [0.15, 0.2) is 0 Å². The number of carbonyl (C=O) groups excluding carboxylic acids is 2. The molecule has 1 aromatic heterocycles. The number of ether oxygens (including phenoxy) is 1. The van der Waals surface area contributed by atoms with Crippen molar-refractivity contribution in [3.63, 3.8) is 0 Å². The van der Waals surface area contributed by atoms with Crippen LogP contribution in [0.4, 0.5) is 5.82 Å². The van der Waals surface area contributed by atoms with Gasteiger partial charge in [-0.25, -0.2) is 13.1 Å². The second kappa shape index (κ2) is 11.7. The van der Waals surface area contributed by atoms with Gasteiger partial charge in [-0.05, 0) is 36.2 Å². The lowest BCUT2D eigenvalue weighted by Crippen LogP contribution is -2.40. The summed E-state index contributed by atoms with van der Waals surface area (Å²) in [5.74, 6) is 1.32. The molecular weight excluding hydrogens is 526 g/mol. The predicted molar refractivity (Wildman–Crippen MR) is 144 cm³/mol. The van der Waals surface area contributed by atoms with Gasteiger partial charge in [-0.1, -0.05) is 30.3 Å². The van der Waals surface area contributed by atoms with Crippen LogP contribution in [0.3, 0.4) is 0 Å². The first-order valence-electron chi connectivity index (χ1n) is 12.4. The number of aromatic nitrogens is 2. The van der Waals surface area contributed by atoms with Crippen LogP contribution < -0.4 is 10.6 Å². The van der Waals surface area contributed by atoms with Crippen LogP contribution in [0.15, 0.2) is 59.5 Å². The maximum absolute atomic E-state index is 13.1. The van der Waals surface area contributed by atoms with Crippen LogP contribution >= 0.6 is 11.8 Å². The van der Waals surface area contributed by atoms with Crippen LogP contribution in [0, 0.1) is 0 Å². The Morgan fingerprint density at radius 1 is 1.00 bits per heavy atom. The maximum Gasteiger partial charge on any atom is 0.256 e. The molecule has 0 unspecified atom stereocenters. The van der Waals surface area contributed by atoms with Crippen molar-refractivity contribution in [2.75, 3.05) is 38.2 Å². The molecule has 1 saturated heterocycles. The molecule has 5 rings (SSSR count). The van der Waals surface area contributed by atoms with Crippen molar-refractivity contribution in [2.45, 2.75) is 29.4 Å². The Labute approximate surface area is 225 Å². The third kappa shape index (κ3) is 5.93. The summed E-state index contributed by atoms with van der Waals surface area (Å²) in [7, 11) is -3.65. The van der Waals surface area contributed by atoms with Gasteiger partial charge in [0.05, 0.1) is 23.8 Å². The molecule has 2 aromatic carbocycles. The van der Waals surface area contributed by atoms with Crippen LogP contribution in [0.5, 0.6) is 0 Å². The molecule has 2 aliphatic rings. The second-order valence-corrected chi connectivity index (χ2v) is 11.9. The molecule has 2 N–H and O–H groups in total. The summed E-state index contributed by atoms with van der Waals surface area (Å²) in [4.78, 5) is 25.9. The number of nitrogens with one attached hydrogen (secondary N) is 2. The minimum absolute atomic E-state index is 0.0151. The quantitative estimate of drug-likeness (QED) is 0.415. The smallest absolute Gasteiger partial charge is 0.256 e. The van der Waals surface area contributed by atoms with E-state index in [1.807, 2.05) is 30.3 Å². The van der Waals surface area contributed by atoms with E-state index in [0.29, 0.717) is 50.0 Å². The zero-order valence-corrected chi connectivity index (χ0v) is 22.4. The van der Waals surface area contributed by atoms with Gasteiger partial charge >= 0.3 is 0 Å². The lowest BCUT2D eigenvalue weighted by atomic mass is 10.1. The zero-order chi connectivity index (χ0) is 26.5. The first kappa shape index (κ1) is 26.4. The number of hydrogen-bond donors (Lipinski definition) is 2. The largest absolute Gasteiger partial charge is 0.379 e. The maximum atomic E-state index is 13.1. The van der Waals surface area contributed by atoms with Gasteiger partial charge in [-0.3, -0.25) is 9.59 Å². The molecule has 3 heterocycles. The molecule has 0 aliphatic carbocycles. The van der Waals surface area contributed by atoms with E-state index in [2.05, 4.69) is 15.7 Å². The number of sulfonamides is 1. The lowest BCUT2D eigenvalue weighted by molar-refractivity contribution is -0.121. The van der Waals surface area contributed by atoms with Crippen molar-refractivity contribution in [1.82, 2.24) is 19.4 Å².